The van der Waals surface area contributed by atoms with E-state index in [9.17, 15) is 8.78 Å². The van der Waals surface area contributed by atoms with Gasteiger partial charge in [0.25, 0.3) is 0 Å². The fourth-order valence-corrected chi connectivity index (χ4v) is 2.68. The van der Waals surface area contributed by atoms with Gasteiger partial charge in [0.1, 0.15) is 11.6 Å². The van der Waals surface area contributed by atoms with Crippen LogP contribution in [0.3, 0.4) is 0 Å². The summed E-state index contributed by atoms with van der Waals surface area (Å²) in [6.45, 7) is 2.08. The van der Waals surface area contributed by atoms with Crippen LogP contribution in [0.5, 0.6) is 0 Å². The first-order chi connectivity index (χ1) is 10.7. The molecule has 0 radical (unpaired) electrons. The van der Waals surface area contributed by atoms with Crippen LogP contribution in [0.2, 0.25) is 0 Å². The van der Waals surface area contributed by atoms with Gasteiger partial charge in [-0.25, -0.2) is 8.78 Å². The summed E-state index contributed by atoms with van der Waals surface area (Å²) in [4.78, 5) is 4.38. The largest absolute Gasteiger partial charge is 0.256 e. The second-order valence-electron chi connectivity index (χ2n) is 5.40. The molecule has 3 heteroatoms. The Balaban J connectivity index is 2.13. The van der Waals surface area contributed by atoms with Crippen LogP contribution < -0.4 is 0 Å². The van der Waals surface area contributed by atoms with Crippen molar-refractivity contribution >= 4 is 10.8 Å². The van der Waals surface area contributed by atoms with Crippen LogP contribution in [-0.4, -0.2) is 4.98 Å². The highest BCUT2D eigenvalue weighted by molar-refractivity contribution is 5.94. The Labute approximate surface area is 128 Å². The third-order valence-corrected chi connectivity index (χ3v) is 3.87. The highest BCUT2D eigenvalue weighted by Gasteiger charge is 2.10. The smallest absolute Gasteiger partial charge is 0.131 e. The van der Waals surface area contributed by atoms with Crippen molar-refractivity contribution in [1.82, 2.24) is 4.98 Å². The molecule has 2 aromatic carbocycles. The number of nitrogens with zero attached hydrogens (tertiary/aromatic N) is 1. The monoisotopic (exact) mass is 297 g/mol. The lowest BCUT2D eigenvalue weighted by Gasteiger charge is -2.09. The Bertz CT molecular complexity index is 812. The first kappa shape index (κ1) is 14.6. The molecule has 0 amide bonds. The molecule has 0 unspecified atom stereocenters. The molecule has 1 nitrogen and oxygen atoms in total. The lowest BCUT2D eigenvalue weighted by molar-refractivity contribution is 0.603. The fourth-order valence-electron chi connectivity index (χ4n) is 2.68. The maximum atomic E-state index is 13.9. The van der Waals surface area contributed by atoms with Crippen molar-refractivity contribution in [3.63, 3.8) is 0 Å². The quantitative estimate of drug-likeness (QED) is 0.617. The van der Waals surface area contributed by atoms with Gasteiger partial charge in [-0.1, -0.05) is 25.5 Å². The van der Waals surface area contributed by atoms with Crippen molar-refractivity contribution in [2.24, 2.45) is 0 Å². The van der Waals surface area contributed by atoms with Gasteiger partial charge in [-0.05, 0) is 48.7 Å². The van der Waals surface area contributed by atoms with Crippen LogP contribution in [0.25, 0.3) is 22.0 Å². The number of aryl methyl sites for hydroxylation is 1. The first-order valence-corrected chi connectivity index (χ1v) is 7.52. The van der Waals surface area contributed by atoms with Gasteiger partial charge in [0.2, 0.25) is 0 Å². The molecule has 0 saturated heterocycles. The molecule has 0 N–H and O–H groups in total. The number of hydrogen-bond acceptors (Lipinski definition) is 1. The van der Waals surface area contributed by atoms with Crippen LogP contribution in [0.1, 0.15) is 25.3 Å². The third kappa shape index (κ3) is 2.71. The van der Waals surface area contributed by atoms with Crippen molar-refractivity contribution in [2.75, 3.05) is 0 Å². The highest BCUT2D eigenvalue weighted by Crippen LogP contribution is 2.29. The molecule has 3 aromatic rings. The van der Waals surface area contributed by atoms with Gasteiger partial charge in [-0.15, -0.1) is 0 Å². The van der Waals surface area contributed by atoms with E-state index >= 15 is 0 Å². The Morgan fingerprint density at radius 1 is 0.955 bits per heavy atom. The van der Waals surface area contributed by atoms with Crippen molar-refractivity contribution in [3.05, 3.63) is 65.9 Å². The number of fused-ring (bicyclic) bond motifs is 1. The average molecular weight is 297 g/mol. The molecule has 112 valence electrons. The normalized spacial score (nSPS) is 11.0. The average Bonchev–Trinajstić information content (AvgIpc) is 2.54. The minimum atomic E-state index is -0.269. The van der Waals surface area contributed by atoms with E-state index in [2.05, 4.69) is 11.9 Å². The Morgan fingerprint density at radius 3 is 2.64 bits per heavy atom. The van der Waals surface area contributed by atoms with Crippen LogP contribution in [0.15, 0.2) is 48.7 Å². The van der Waals surface area contributed by atoms with Crippen molar-refractivity contribution < 1.29 is 8.78 Å². The van der Waals surface area contributed by atoms with Gasteiger partial charge in [0, 0.05) is 22.5 Å². The van der Waals surface area contributed by atoms with Gasteiger partial charge < -0.3 is 0 Å². The number of rotatable bonds is 4. The van der Waals surface area contributed by atoms with E-state index in [0.29, 0.717) is 23.1 Å². The SMILES string of the molecule is CCCCc1cc(-c2nccc3c(F)cccc23)ccc1F. The molecule has 3 rings (SSSR count). The molecule has 0 saturated carbocycles. The summed E-state index contributed by atoms with van der Waals surface area (Å²) in [5.41, 5.74) is 2.20. The van der Waals surface area contributed by atoms with Gasteiger partial charge in [-0.2, -0.15) is 0 Å². The highest BCUT2D eigenvalue weighted by atomic mass is 19.1. The second kappa shape index (κ2) is 6.22. The Morgan fingerprint density at radius 2 is 1.82 bits per heavy atom. The molecule has 0 aliphatic carbocycles. The van der Waals surface area contributed by atoms with Crippen molar-refractivity contribution in [1.29, 1.82) is 0 Å². The molecule has 0 aliphatic rings. The Hall–Kier alpha value is -2.29. The van der Waals surface area contributed by atoms with E-state index < -0.39 is 0 Å². The van der Waals surface area contributed by atoms with Crippen LogP contribution >= 0.6 is 0 Å². The summed E-state index contributed by atoms with van der Waals surface area (Å²) in [5.74, 6) is -0.460. The number of aromatic nitrogens is 1. The Kier molecular flexibility index (Phi) is 4.14. The predicted molar refractivity (Wildman–Crippen MR) is 85.7 cm³/mol. The number of hydrogen-bond donors (Lipinski definition) is 0. The molecule has 0 bridgehead atoms. The molecule has 22 heavy (non-hydrogen) atoms. The summed E-state index contributed by atoms with van der Waals surface area (Å²) in [7, 11) is 0. The van der Waals surface area contributed by atoms with E-state index in [1.807, 2.05) is 12.1 Å². The minimum absolute atomic E-state index is 0.191. The molecular weight excluding hydrogens is 280 g/mol. The van der Waals surface area contributed by atoms with E-state index in [1.54, 1.807) is 24.4 Å². The standard InChI is InChI=1S/C19H17F2N/c1-2-3-5-13-12-14(8-9-17(13)20)19-16-6-4-7-18(21)15(16)10-11-22-19/h4,6-12H,2-3,5H2,1H3. The summed E-state index contributed by atoms with van der Waals surface area (Å²) in [6, 6.07) is 11.6. The number of halogens is 2. The first-order valence-electron chi connectivity index (χ1n) is 7.52. The van der Waals surface area contributed by atoms with Crippen LogP contribution in [0.4, 0.5) is 8.78 Å². The zero-order chi connectivity index (χ0) is 15.5. The topological polar surface area (TPSA) is 12.9 Å². The lowest BCUT2D eigenvalue weighted by Crippen LogP contribution is -1.94. The molecule has 0 spiro atoms. The summed E-state index contributed by atoms with van der Waals surface area (Å²) < 4.78 is 27.8. The molecule has 0 aliphatic heterocycles. The maximum absolute atomic E-state index is 13.9. The third-order valence-electron chi connectivity index (χ3n) is 3.87. The van der Waals surface area contributed by atoms with Gasteiger partial charge in [-0.3, -0.25) is 4.98 Å². The summed E-state index contributed by atoms with van der Waals surface area (Å²) >= 11 is 0. The summed E-state index contributed by atoms with van der Waals surface area (Å²) in [6.07, 6.45) is 4.25. The molecule has 0 atom stereocenters. The zero-order valence-electron chi connectivity index (χ0n) is 12.4. The molecular formula is C19H17F2N. The predicted octanol–water partition coefficient (Wildman–Crippen LogP) is 5.52. The number of pyridine rings is 1. The van der Waals surface area contributed by atoms with Crippen LogP contribution in [0, 0.1) is 11.6 Å². The van der Waals surface area contributed by atoms with Crippen molar-refractivity contribution in [2.45, 2.75) is 26.2 Å². The molecule has 1 heterocycles. The molecule has 1 aromatic heterocycles. The van der Waals surface area contributed by atoms with E-state index in [1.165, 1.54) is 12.1 Å². The van der Waals surface area contributed by atoms with Gasteiger partial charge >= 0.3 is 0 Å². The zero-order valence-corrected chi connectivity index (χ0v) is 12.4. The number of unbranched alkanes of at least 4 members (excludes halogenated alkanes) is 1. The van der Waals surface area contributed by atoms with Crippen LogP contribution in [-0.2, 0) is 6.42 Å². The maximum Gasteiger partial charge on any atom is 0.131 e. The van der Waals surface area contributed by atoms with E-state index in [4.69, 9.17) is 0 Å². The molecule has 0 fully saturated rings. The van der Waals surface area contributed by atoms with E-state index in [0.717, 1.165) is 23.8 Å². The summed E-state index contributed by atoms with van der Waals surface area (Å²) in [5, 5.41) is 1.28. The lowest BCUT2D eigenvalue weighted by atomic mass is 9.99. The van der Waals surface area contributed by atoms with Gasteiger partial charge in [0.05, 0.1) is 5.69 Å². The minimum Gasteiger partial charge on any atom is -0.256 e. The van der Waals surface area contributed by atoms with E-state index in [-0.39, 0.29) is 11.6 Å². The second-order valence-corrected chi connectivity index (χ2v) is 5.40. The van der Waals surface area contributed by atoms with Crippen molar-refractivity contribution in [3.8, 4) is 11.3 Å². The fraction of sp³-hybridized carbons (Fsp3) is 0.211. The number of benzene rings is 2. The van der Waals surface area contributed by atoms with Gasteiger partial charge in [0.15, 0.2) is 0 Å².